The van der Waals surface area contributed by atoms with Gasteiger partial charge in [-0.3, -0.25) is 35.1 Å². The molecule has 0 aromatic rings. The lowest BCUT2D eigenvalue weighted by atomic mass is 9.76. The van der Waals surface area contributed by atoms with Crippen LogP contribution in [0.25, 0.3) is 0 Å². The highest BCUT2D eigenvalue weighted by atomic mass is 16.5. The lowest BCUT2D eigenvalue weighted by Crippen LogP contribution is -2.70. The zero-order valence-corrected chi connectivity index (χ0v) is 33.6. The first kappa shape index (κ1) is 41.1. The van der Waals surface area contributed by atoms with Crippen LogP contribution in [0, 0.1) is 0 Å². The van der Waals surface area contributed by atoms with Crippen LogP contribution in [0.5, 0.6) is 0 Å². The molecule has 3 heterocycles. The number of nitrogens with two attached hydrogens (primary N) is 1. The van der Waals surface area contributed by atoms with E-state index in [0.29, 0.717) is 24.2 Å². The number of unbranched alkanes of at least 4 members (excludes halogenated alkanes) is 3. The van der Waals surface area contributed by atoms with E-state index in [-0.39, 0.29) is 34.7 Å². The van der Waals surface area contributed by atoms with Crippen molar-refractivity contribution in [1.82, 2.24) is 35.1 Å². The van der Waals surface area contributed by atoms with Crippen LogP contribution in [0.1, 0.15) is 134 Å². The van der Waals surface area contributed by atoms with Crippen LogP contribution in [0.15, 0.2) is 0 Å². The molecule has 3 aliphatic heterocycles. The predicted octanol–water partition coefficient (Wildman–Crippen LogP) is 5.31. The summed E-state index contributed by atoms with van der Waals surface area (Å²) in [5.41, 5.74) is 7.53. The van der Waals surface area contributed by atoms with E-state index in [1.54, 1.807) is 0 Å². The summed E-state index contributed by atoms with van der Waals surface area (Å²) in [4.78, 5) is 13.1. The van der Waals surface area contributed by atoms with Gasteiger partial charge in [-0.2, -0.15) is 0 Å². The molecule has 0 amide bonds. The molecule has 0 spiro atoms. The Hall–Kier alpha value is -0.360. The summed E-state index contributed by atoms with van der Waals surface area (Å²) in [6.07, 6.45) is 9.60. The molecule has 0 aromatic carbocycles. The first-order valence-electron chi connectivity index (χ1n) is 19.3. The van der Waals surface area contributed by atoms with E-state index in [0.717, 1.165) is 45.7 Å². The Morgan fingerprint density at radius 3 is 1.47 bits per heavy atom. The molecule has 3 saturated heterocycles. The van der Waals surface area contributed by atoms with E-state index in [4.69, 9.17) is 10.5 Å². The van der Waals surface area contributed by atoms with Crippen LogP contribution >= 0.6 is 0 Å². The van der Waals surface area contributed by atoms with Crippen LogP contribution in [0.2, 0.25) is 0 Å². The van der Waals surface area contributed by atoms with Gasteiger partial charge in [-0.15, -0.1) is 0 Å². The average molecular weight is 665 g/mol. The summed E-state index contributed by atoms with van der Waals surface area (Å²) in [7, 11) is 4.63. The molecule has 278 valence electrons. The van der Waals surface area contributed by atoms with Crippen LogP contribution in [0.4, 0.5) is 0 Å². The van der Waals surface area contributed by atoms with Gasteiger partial charge in [0.2, 0.25) is 0 Å². The minimum atomic E-state index is -0.207. The Morgan fingerprint density at radius 2 is 1.06 bits per heavy atom. The Balaban J connectivity index is 1.68. The van der Waals surface area contributed by atoms with Crippen molar-refractivity contribution in [2.24, 2.45) is 5.73 Å². The number of nitrogens with zero attached hydrogens (tertiary/aromatic N) is 5. The van der Waals surface area contributed by atoms with Gasteiger partial charge in [0.25, 0.3) is 0 Å². The second-order valence-corrected chi connectivity index (χ2v) is 18.5. The molecular formula is C38H80N8O. The average Bonchev–Trinajstić information content (AvgIpc) is 2.95. The molecule has 0 bridgehead atoms. The number of ether oxygens (including phenoxy) is 1. The fourth-order valence-corrected chi connectivity index (χ4v) is 9.11. The maximum absolute atomic E-state index is 6.85. The van der Waals surface area contributed by atoms with Crippen molar-refractivity contribution < 1.29 is 4.74 Å². The summed E-state index contributed by atoms with van der Waals surface area (Å²) < 4.78 is 5.63. The molecule has 0 saturated carbocycles. The van der Waals surface area contributed by atoms with Gasteiger partial charge in [0.05, 0.1) is 13.2 Å². The lowest BCUT2D eigenvalue weighted by Gasteiger charge is -2.57. The van der Waals surface area contributed by atoms with Crippen LogP contribution in [0.3, 0.4) is 0 Å². The number of hydrogen-bond donors (Lipinski definition) is 3. The van der Waals surface area contributed by atoms with Gasteiger partial charge in [-0.1, -0.05) is 12.8 Å². The van der Waals surface area contributed by atoms with Crippen LogP contribution in [-0.4, -0.2) is 137 Å². The van der Waals surface area contributed by atoms with Crippen molar-refractivity contribution in [2.45, 2.75) is 193 Å². The third-order valence-electron chi connectivity index (χ3n) is 12.3. The minimum absolute atomic E-state index is 0.0143. The van der Waals surface area contributed by atoms with E-state index < -0.39 is 0 Å². The number of nitrogens with one attached hydrogen (secondary N) is 2. The third kappa shape index (κ3) is 11.1. The van der Waals surface area contributed by atoms with Gasteiger partial charge < -0.3 is 10.5 Å². The normalized spacial score (nSPS) is 26.1. The number of likely N-dealkylation sites (tertiary alicyclic amines) is 2. The van der Waals surface area contributed by atoms with Gasteiger partial charge in [-0.25, -0.2) is 0 Å². The Morgan fingerprint density at radius 1 is 0.660 bits per heavy atom. The third-order valence-corrected chi connectivity index (χ3v) is 12.3. The van der Waals surface area contributed by atoms with Gasteiger partial charge in [-0.05, 0) is 142 Å². The molecule has 2 atom stereocenters. The molecule has 0 radical (unpaired) electrons. The monoisotopic (exact) mass is 665 g/mol. The standard InChI is InChI=1S/C38H80N8O/c1-29(2)40-34(41-33(39)44-21-23-47-24-22-44)46(32-27-37(9,10)43(14)38(11,12)28-32)20-18-16-15-17-19-45(30(3)4)31-25-35(5,6)42(13)36(7,8)26-31/h29-34,40-41H,15-28,39H2,1-14H3. The summed E-state index contributed by atoms with van der Waals surface area (Å²) in [5.74, 6) is 0. The van der Waals surface area contributed by atoms with Crippen molar-refractivity contribution >= 4 is 0 Å². The van der Waals surface area contributed by atoms with E-state index in [1.165, 1.54) is 45.1 Å². The molecule has 9 heteroatoms. The van der Waals surface area contributed by atoms with Crippen LogP contribution < -0.4 is 16.4 Å². The molecule has 3 rings (SSSR count). The number of piperidine rings is 2. The number of morpholine rings is 1. The number of rotatable bonds is 16. The van der Waals surface area contributed by atoms with Crippen molar-refractivity contribution in [3.8, 4) is 0 Å². The van der Waals surface area contributed by atoms with Crippen molar-refractivity contribution in [2.75, 3.05) is 53.5 Å². The fourth-order valence-electron chi connectivity index (χ4n) is 9.11. The summed E-state index contributed by atoms with van der Waals surface area (Å²) in [5, 5.41) is 7.75. The van der Waals surface area contributed by atoms with Crippen molar-refractivity contribution in [3.05, 3.63) is 0 Å². The Labute approximate surface area is 292 Å². The van der Waals surface area contributed by atoms with E-state index in [1.807, 2.05) is 0 Å². The van der Waals surface area contributed by atoms with Crippen molar-refractivity contribution in [1.29, 1.82) is 0 Å². The molecule has 3 fully saturated rings. The van der Waals surface area contributed by atoms with Gasteiger partial charge in [0.1, 0.15) is 12.6 Å². The molecule has 9 nitrogen and oxygen atoms in total. The van der Waals surface area contributed by atoms with E-state index in [9.17, 15) is 0 Å². The second kappa shape index (κ2) is 16.8. The minimum Gasteiger partial charge on any atom is -0.379 e. The van der Waals surface area contributed by atoms with Crippen molar-refractivity contribution in [3.63, 3.8) is 0 Å². The molecule has 47 heavy (non-hydrogen) atoms. The Bertz CT molecular complexity index is 895. The van der Waals surface area contributed by atoms with Gasteiger partial charge in [0.15, 0.2) is 0 Å². The number of hydrogen-bond acceptors (Lipinski definition) is 9. The van der Waals surface area contributed by atoms with Gasteiger partial charge in [0, 0.05) is 66.0 Å². The quantitative estimate of drug-likeness (QED) is 0.150. The molecule has 3 aliphatic rings. The first-order valence-corrected chi connectivity index (χ1v) is 19.3. The summed E-state index contributed by atoms with van der Waals surface area (Å²) in [6.45, 7) is 34.2. The lowest BCUT2D eigenvalue weighted by molar-refractivity contribution is -0.0729. The molecule has 2 unspecified atom stereocenters. The largest absolute Gasteiger partial charge is 0.379 e. The smallest absolute Gasteiger partial charge is 0.117 e. The highest BCUT2D eigenvalue weighted by Crippen LogP contribution is 2.41. The predicted molar refractivity (Wildman–Crippen MR) is 200 cm³/mol. The zero-order valence-electron chi connectivity index (χ0n) is 33.6. The maximum Gasteiger partial charge on any atom is 0.117 e. The molecule has 0 aliphatic carbocycles. The summed E-state index contributed by atoms with van der Waals surface area (Å²) >= 11 is 0. The molecular weight excluding hydrogens is 584 g/mol. The zero-order chi connectivity index (χ0) is 35.4. The summed E-state index contributed by atoms with van der Waals surface area (Å²) in [6, 6.07) is 2.03. The van der Waals surface area contributed by atoms with Crippen LogP contribution in [-0.2, 0) is 4.74 Å². The highest BCUT2D eigenvalue weighted by Gasteiger charge is 2.47. The fraction of sp³-hybridized carbons (Fsp3) is 1.00. The topological polar surface area (TPSA) is 75.5 Å². The SMILES string of the molecule is CC(C)NC(NC(N)N1CCOCC1)N(CCCCCCN(C(C)C)C1CC(C)(C)N(C)C(C)(C)C1)C1CC(C)(C)N(C)C(C)(C)C1. The second-order valence-electron chi connectivity index (χ2n) is 18.5. The van der Waals surface area contributed by atoms with Gasteiger partial charge >= 0.3 is 0 Å². The first-order chi connectivity index (χ1) is 21.7. The maximum atomic E-state index is 6.85. The van der Waals surface area contributed by atoms with E-state index in [2.05, 4.69) is 132 Å². The molecule has 0 aromatic heterocycles. The Kier molecular flexibility index (Phi) is 14.7. The highest BCUT2D eigenvalue weighted by molar-refractivity contribution is 5.03. The van der Waals surface area contributed by atoms with E-state index >= 15 is 0 Å². The molecule has 4 N–H and O–H groups in total.